The highest BCUT2D eigenvalue weighted by atomic mass is 32.1. The molecule has 4 heterocycles. The summed E-state index contributed by atoms with van der Waals surface area (Å²) in [4.78, 5) is 18.7. The number of thiazole rings is 2. The van der Waals surface area contributed by atoms with E-state index in [1.54, 1.807) is 22.7 Å². The molecular formula is C46H28N4S2. The van der Waals surface area contributed by atoms with E-state index in [9.17, 15) is 0 Å². The third-order valence-electron chi connectivity index (χ3n) is 9.75. The summed E-state index contributed by atoms with van der Waals surface area (Å²) in [7, 11) is 0. The number of rotatable bonds is 6. The zero-order valence-corrected chi connectivity index (χ0v) is 29.4. The molecule has 0 radical (unpaired) electrons. The van der Waals surface area contributed by atoms with Gasteiger partial charge in [-0.15, -0.1) is 22.7 Å². The Balaban J connectivity index is 1.16. The predicted octanol–water partition coefficient (Wildman–Crippen LogP) is 12.9. The molecule has 0 aliphatic carbocycles. The third kappa shape index (κ3) is 5.28. The van der Waals surface area contributed by atoms with Crippen molar-refractivity contribution in [3.05, 3.63) is 169 Å². The summed E-state index contributed by atoms with van der Waals surface area (Å²) >= 11 is 3.20. The first-order chi connectivity index (χ1) is 25.8. The van der Waals surface area contributed by atoms with Crippen molar-refractivity contribution < 1.29 is 0 Å². The first-order valence-corrected chi connectivity index (χ1v) is 18.8. The van der Waals surface area contributed by atoms with Gasteiger partial charge in [-0.1, -0.05) is 115 Å². The van der Waals surface area contributed by atoms with Crippen LogP contribution < -0.4 is 0 Å². The summed E-state index contributed by atoms with van der Waals surface area (Å²) in [5, 5.41) is 13.0. The fourth-order valence-electron chi connectivity index (χ4n) is 7.34. The number of benzene rings is 6. The molecule has 244 valence electrons. The smallest absolute Gasteiger partial charge is 0.141 e. The van der Waals surface area contributed by atoms with Crippen molar-refractivity contribution in [1.82, 2.24) is 19.9 Å². The van der Waals surface area contributed by atoms with Crippen LogP contribution in [0.1, 0.15) is 0 Å². The lowest BCUT2D eigenvalue weighted by Crippen LogP contribution is -1.93. The van der Waals surface area contributed by atoms with Gasteiger partial charge in [0.15, 0.2) is 0 Å². The lowest BCUT2D eigenvalue weighted by atomic mass is 9.85. The normalized spacial score (nSPS) is 11.5. The van der Waals surface area contributed by atoms with Crippen molar-refractivity contribution in [3.63, 3.8) is 0 Å². The van der Waals surface area contributed by atoms with Crippen LogP contribution in [-0.4, -0.2) is 19.9 Å². The Hall–Kier alpha value is -6.34. The Morgan fingerprint density at radius 2 is 0.885 bits per heavy atom. The second-order valence-electron chi connectivity index (χ2n) is 12.7. The lowest BCUT2D eigenvalue weighted by molar-refractivity contribution is 1.29. The molecule has 52 heavy (non-hydrogen) atoms. The van der Waals surface area contributed by atoms with E-state index in [-0.39, 0.29) is 0 Å². The molecule has 0 atom stereocenters. The van der Waals surface area contributed by atoms with Crippen LogP contribution in [0, 0.1) is 0 Å². The lowest BCUT2D eigenvalue weighted by Gasteiger charge is -2.19. The van der Waals surface area contributed by atoms with Gasteiger partial charge >= 0.3 is 0 Å². The Morgan fingerprint density at radius 3 is 1.48 bits per heavy atom. The Labute approximate surface area is 308 Å². The Kier molecular flexibility index (Phi) is 7.48. The molecule has 10 rings (SSSR count). The van der Waals surface area contributed by atoms with Crippen LogP contribution >= 0.6 is 22.7 Å². The van der Waals surface area contributed by atoms with Crippen LogP contribution in [0.15, 0.2) is 169 Å². The fraction of sp³-hybridized carbons (Fsp3) is 0. The number of hydrogen-bond acceptors (Lipinski definition) is 6. The van der Waals surface area contributed by atoms with E-state index >= 15 is 0 Å². The fourth-order valence-corrected chi connectivity index (χ4v) is 8.56. The summed E-state index contributed by atoms with van der Waals surface area (Å²) in [6, 6.07) is 48.1. The highest BCUT2D eigenvalue weighted by Gasteiger charge is 2.19. The van der Waals surface area contributed by atoms with Gasteiger partial charge in [0.25, 0.3) is 0 Å². The summed E-state index contributed by atoms with van der Waals surface area (Å²) in [6.07, 6.45) is 7.63. The van der Waals surface area contributed by atoms with Crippen LogP contribution in [0.25, 0.3) is 98.2 Å². The predicted molar refractivity (Wildman–Crippen MR) is 219 cm³/mol. The van der Waals surface area contributed by atoms with Crippen molar-refractivity contribution in [3.8, 4) is 65.9 Å². The van der Waals surface area contributed by atoms with Crippen molar-refractivity contribution in [2.24, 2.45) is 0 Å². The number of pyridine rings is 2. The van der Waals surface area contributed by atoms with E-state index in [1.807, 2.05) is 35.5 Å². The first-order valence-electron chi connectivity index (χ1n) is 17.1. The Morgan fingerprint density at radius 1 is 0.365 bits per heavy atom. The monoisotopic (exact) mass is 700 g/mol. The molecule has 0 spiro atoms. The summed E-state index contributed by atoms with van der Waals surface area (Å²) in [5.41, 5.74) is 11.0. The molecule has 0 aliphatic rings. The maximum atomic E-state index is 4.90. The zero-order chi connectivity index (χ0) is 34.4. The maximum absolute atomic E-state index is 4.90. The standard InChI is InChI=1S/C46H28N4S2/c1-2-8-35-30(6-1)7-5-11-36(35)31-14-12-29(13-15-31)32-16-19-39-40(26-32)44(34-18-21-42(50-28-34)46-48-23-25-52-46)38-10-4-3-9-37(38)43(39)33-17-20-41(49-27-33)45-47-22-24-51-45/h1-28H. The van der Waals surface area contributed by atoms with E-state index in [0.29, 0.717) is 0 Å². The SMILES string of the molecule is c1ccc2c(-c3ccc(-c4ccc5c(-c6ccc(-c7nccs7)nc6)c6ccccc6c(-c6ccc(-c7nccs7)nc6)c5c4)cc3)cccc2c1. The van der Waals surface area contributed by atoms with Crippen molar-refractivity contribution in [1.29, 1.82) is 0 Å². The zero-order valence-electron chi connectivity index (χ0n) is 27.8. The highest BCUT2D eigenvalue weighted by molar-refractivity contribution is 7.13. The first kappa shape index (κ1) is 30.5. The summed E-state index contributed by atoms with van der Waals surface area (Å²) in [6.45, 7) is 0. The van der Waals surface area contributed by atoms with E-state index < -0.39 is 0 Å². The molecule has 0 N–H and O–H groups in total. The molecule has 6 heteroatoms. The van der Waals surface area contributed by atoms with Gasteiger partial charge in [-0.05, 0) is 83.9 Å². The van der Waals surface area contributed by atoms with Gasteiger partial charge in [0.05, 0.1) is 11.4 Å². The Bertz CT molecular complexity index is 2860. The molecule has 4 nitrogen and oxygen atoms in total. The van der Waals surface area contributed by atoms with Crippen LogP contribution in [0.5, 0.6) is 0 Å². The minimum atomic E-state index is 0.877. The van der Waals surface area contributed by atoms with E-state index in [0.717, 1.165) is 60.0 Å². The molecule has 6 aromatic carbocycles. The molecule has 0 amide bonds. The molecule has 0 saturated carbocycles. The molecule has 10 aromatic rings. The molecular weight excluding hydrogens is 673 g/mol. The number of nitrogens with zero attached hydrogens (tertiary/aromatic N) is 4. The highest BCUT2D eigenvalue weighted by Crippen LogP contribution is 2.45. The van der Waals surface area contributed by atoms with E-state index in [2.05, 4.69) is 143 Å². The van der Waals surface area contributed by atoms with Crippen LogP contribution in [0.4, 0.5) is 0 Å². The van der Waals surface area contributed by atoms with Crippen molar-refractivity contribution >= 4 is 55.0 Å². The van der Waals surface area contributed by atoms with Crippen molar-refractivity contribution in [2.45, 2.75) is 0 Å². The average Bonchev–Trinajstić information content (AvgIpc) is 3.96. The topological polar surface area (TPSA) is 51.6 Å². The molecule has 4 aromatic heterocycles. The second kappa shape index (κ2) is 12.8. The van der Waals surface area contributed by atoms with Gasteiger partial charge in [-0.3, -0.25) is 9.97 Å². The minimum absolute atomic E-state index is 0.877. The number of hydrogen-bond donors (Lipinski definition) is 0. The summed E-state index contributed by atoms with van der Waals surface area (Å²) < 4.78 is 0. The van der Waals surface area contributed by atoms with Gasteiger partial charge in [0.1, 0.15) is 10.0 Å². The van der Waals surface area contributed by atoms with Crippen molar-refractivity contribution in [2.75, 3.05) is 0 Å². The van der Waals surface area contributed by atoms with Gasteiger partial charge in [0.2, 0.25) is 0 Å². The van der Waals surface area contributed by atoms with Crippen LogP contribution in [0.3, 0.4) is 0 Å². The molecule has 0 bridgehead atoms. The van der Waals surface area contributed by atoms with Gasteiger partial charge in [-0.25, -0.2) is 9.97 Å². The van der Waals surface area contributed by atoms with E-state index in [1.165, 1.54) is 38.2 Å². The third-order valence-corrected chi connectivity index (χ3v) is 11.3. The average molecular weight is 701 g/mol. The van der Waals surface area contributed by atoms with Gasteiger partial charge < -0.3 is 0 Å². The molecule has 0 unspecified atom stereocenters. The van der Waals surface area contributed by atoms with E-state index in [4.69, 9.17) is 9.97 Å². The quantitative estimate of drug-likeness (QED) is 0.162. The van der Waals surface area contributed by atoms with Gasteiger partial charge in [-0.2, -0.15) is 0 Å². The number of fused-ring (bicyclic) bond motifs is 3. The molecule has 0 aliphatic heterocycles. The second-order valence-corrected chi connectivity index (χ2v) is 14.5. The largest absolute Gasteiger partial charge is 0.253 e. The summed E-state index contributed by atoms with van der Waals surface area (Å²) in [5.74, 6) is 0. The minimum Gasteiger partial charge on any atom is -0.253 e. The van der Waals surface area contributed by atoms with Gasteiger partial charge in [0, 0.05) is 46.7 Å². The maximum Gasteiger partial charge on any atom is 0.141 e. The van der Waals surface area contributed by atoms with Crippen LogP contribution in [0.2, 0.25) is 0 Å². The molecule has 0 fully saturated rings. The molecule has 0 saturated heterocycles. The van der Waals surface area contributed by atoms with Crippen LogP contribution in [-0.2, 0) is 0 Å². The number of aromatic nitrogens is 4.